The number of ketones is 1. The first-order valence-electron chi connectivity index (χ1n) is 9.75. The molecule has 2 aromatic carbocycles. The van der Waals surface area contributed by atoms with Crippen LogP contribution in [0.15, 0.2) is 71.5 Å². The molecule has 2 N–H and O–H groups in total. The highest BCUT2D eigenvalue weighted by Gasteiger charge is 2.74. The third-order valence-electron chi connectivity index (χ3n) is 6.03. The van der Waals surface area contributed by atoms with Crippen LogP contribution < -0.4 is 9.47 Å². The maximum atomic E-state index is 13.4. The fourth-order valence-electron chi connectivity index (χ4n) is 4.80. The predicted octanol–water partition coefficient (Wildman–Crippen LogP) is 3.69. The van der Waals surface area contributed by atoms with Crippen molar-refractivity contribution in [1.82, 2.24) is 4.98 Å². The topological polar surface area (TPSA) is 88.9 Å². The first-order chi connectivity index (χ1) is 15.0. The van der Waals surface area contributed by atoms with Crippen LogP contribution in [0.2, 0.25) is 0 Å². The second kappa shape index (κ2) is 8.07. The Bertz CT molecular complexity index is 1100. The molecule has 7 heteroatoms. The van der Waals surface area contributed by atoms with Gasteiger partial charge in [-0.2, -0.15) is 0 Å². The number of carbonyl (C=O) groups excluding carboxylic acids is 1. The summed E-state index contributed by atoms with van der Waals surface area (Å²) in [5, 5.41) is 19.1. The van der Waals surface area contributed by atoms with Gasteiger partial charge in [0.15, 0.2) is 17.0 Å². The van der Waals surface area contributed by atoms with Crippen LogP contribution in [0.25, 0.3) is 0 Å². The largest absolute Gasteiger partial charge is 0.495 e. The Balaban J connectivity index is 0.00000112. The average molecular weight is 484 g/mol. The number of pyridine rings is 1. The second-order valence-electron chi connectivity index (χ2n) is 7.36. The quantitative estimate of drug-likeness (QED) is 0.590. The maximum absolute atomic E-state index is 13.4. The van der Waals surface area contributed by atoms with Crippen molar-refractivity contribution < 1.29 is 24.5 Å². The van der Waals surface area contributed by atoms with Gasteiger partial charge in [-0.15, -0.1) is 0 Å². The summed E-state index contributed by atoms with van der Waals surface area (Å²) in [6.45, 7) is 0. The number of fused-ring (bicyclic) bond motifs is 3. The van der Waals surface area contributed by atoms with Gasteiger partial charge in [-0.05, 0) is 23.3 Å². The van der Waals surface area contributed by atoms with Crippen molar-refractivity contribution in [1.29, 1.82) is 0 Å². The summed E-state index contributed by atoms with van der Waals surface area (Å²) in [5.74, 6) is 0.0341. The Kier molecular flexibility index (Phi) is 5.60. The Morgan fingerprint density at radius 3 is 2.42 bits per heavy atom. The SMILES string of the molecule is CO.COc1cncc2c1C1(O)C(=O)CC(c3ccccc3)C1(c1ccc(Br)cc1)O2. The standard InChI is InChI=1S/C23H18BrNO4.CH4O/c1-28-18-12-25-13-19-21(18)22(27)20(26)11-17(14-5-3-2-4-6-14)23(22,29-19)15-7-9-16(24)10-8-15;1-2/h2-10,12-13,17,27H,11H2,1H3;2H,1H3. The number of ether oxygens (including phenoxy) is 2. The van der Waals surface area contributed by atoms with E-state index in [2.05, 4.69) is 20.9 Å². The molecule has 0 saturated heterocycles. The van der Waals surface area contributed by atoms with E-state index in [0.29, 0.717) is 17.1 Å². The summed E-state index contributed by atoms with van der Waals surface area (Å²) in [5.41, 5.74) is -1.20. The molecule has 1 saturated carbocycles. The molecule has 0 bridgehead atoms. The summed E-state index contributed by atoms with van der Waals surface area (Å²) in [7, 11) is 2.49. The van der Waals surface area contributed by atoms with Crippen LogP contribution in [0, 0.1) is 0 Å². The molecule has 0 amide bonds. The van der Waals surface area contributed by atoms with Gasteiger partial charge in [-0.3, -0.25) is 9.78 Å². The number of hydrogen-bond donors (Lipinski definition) is 2. The zero-order chi connectivity index (χ0) is 22.2. The lowest BCUT2D eigenvalue weighted by Gasteiger charge is -2.39. The van der Waals surface area contributed by atoms with Crippen LogP contribution in [0.1, 0.15) is 29.0 Å². The third kappa shape index (κ3) is 2.91. The highest BCUT2D eigenvalue weighted by molar-refractivity contribution is 9.10. The molecule has 1 fully saturated rings. The Labute approximate surface area is 188 Å². The van der Waals surface area contributed by atoms with Crippen molar-refractivity contribution in [2.45, 2.75) is 23.5 Å². The van der Waals surface area contributed by atoms with E-state index in [1.807, 2.05) is 54.6 Å². The molecule has 3 aromatic rings. The molecule has 3 atom stereocenters. The molecule has 1 aromatic heterocycles. The van der Waals surface area contributed by atoms with Gasteiger partial charge in [0.2, 0.25) is 0 Å². The maximum Gasteiger partial charge on any atom is 0.200 e. The predicted molar refractivity (Wildman–Crippen MR) is 118 cm³/mol. The fraction of sp³-hybridized carbons (Fsp3) is 0.250. The van der Waals surface area contributed by atoms with Gasteiger partial charge in [-0.1, -0.05) is 58.4 Å². The van der Waals surface area contributed by atoms with Crippen molar-refractivity contribution in [3.63, 3.8) is 0 Å². The van der Waals surface area contributed by atoms with Crippen LogP contribution in [0.3, 0.4) is 0 Å². The van der Waals surface area contributed by atoms with Gasteiger partial charge >= 0.3 is 0 Å². The number of hydrogen-bond acceptors (Lipinski definition) is 6. The number of carbonyl (C=O) groups is 1. The highest BCUT2D eigenvalue weighted by Crippen LogP contribution is 2.66. The van der Waals surface area contributed by atoms with Gasteiger partial charge in [-0.25, -0.2) is 0 Å². The molecule has 6 nitrogen and oxygen atoms in total. The minimum atomic E-state index is -1.88. The first kappa shape index (κ1) is 21.5. The number of Topliss-reactive ketones (excluding diaryl/α,β-unsaturated/α-hetero) is 1. The van der Waals surface area contributed by atoms with Crippen molar-refractivity contribution in [2.24, 2.45) is 0 Å². The number of rotatable bonds is 3. The number of benzene rings is 2. The van der Waals surface area contributed by atoms with E-state index in [9.17, 15) is 9.90 Å². The van der Waals surface area contributed by atoms with Crippen LogP contribution >= 0.6 is 15.9 Å². The van der Waals surface area contributed by atoms with Gasteiger partial charge < -0.3 is 19.7 Å². The minimum absolute atomic E-state index is 0.154. The fourth-order valence-corrected chi connectivity index (χ4v) is 5.06. The molecule has 0 spiro atoms. The van der Waals surface area contributed by atoms with E-state index in [1.165, 1.54) is 19.5 Å². The Hall–Kier alpha value is -2.74. The number of nitrogens with zero attached hydrogens (tertiary/aromatic N) is 1. The summed E-state index contributed by atoms with van der Waals surface area (Å²) < 4.78 is 12.9. The summed E-state index contributed by atoms with van der Waals surface area (Å²) in [6, 6.07) is 17.3. The number of aliphatic hydroxyl groups is 2. The van der Waals surface area contributed by atoms with Gasteiger partial charge in [0.05, 0.1) is 25.1 Å². The molecule has 2 aliphatic rings. The number of aliphatic hydroxyl groups excluding tert-OH is 1. The Morgan fingerprint density at radius 2 is 1.77 bits per heavy atom. The lowest BCUT2D eigenvalue weighted by molar-refractivity contribution is -0.151. The minimum Gasteiger partial charge on any atom is -0.495 e. The molecular formula is C24H22BrNO5. The van der Waals surface area contributed by atoms with Crippen molar-refractivity contribution in [3.05, 3.63) is 88.2 Å². The molecule has 0 radical (unpaired) electrons. The summed E-state index contributed by atoms with van der Waals surface area (Å²) in [4.78, 5) is 17.6. The van der Waals surface area contributed by atoms with E-state index in [-0.39, 0.29) is 18.1 Å². The van der Waals surface area contributed by atoms with E-state index in [0.717, 1.165) is 22.7 Å². The molecule has 1 aliphatic heterocycles. The van der Waals surface area contributed by atoms with E-state index >= 15 is 0 Å². The van der Waals surface area contributed by atoms with Crippen LogP contribution in [-0.2, 0) is 16.0 Å². The average Bonchev–Trinajstić information content (AvgIpc) is 3.22. The first-order valence-corrected chi connectivity index (χ1v) is 10.5. The lowest BCUT2D eigenvalue weighted by Crippen LogP contribution is -2.50. The monoisotopic (exact) mass is 483 g/mol. The molecule has 31 heavy (non-hydrogen) atoms. The number of aromatic nitrogens is 1. The van der Waals surface area contributed by atoms with Crippen molar-refractivity contribution in [3.8, 4) is 11.5 Å². The molecule has 160 valence electrons. The van der Waals surface area contributed by atoms with Crippen molar-refractivity contribution >= 4 is 21.7 Å². The zero-order valence-electron chi connectivity index (χ0n) is 17.1. The van der Waals surface area contributed by atoms with E-state index in [1.54, 1.807) is 0 Å². The molecule has 2 heterocycles. The normalized spacial score (nSPS) is 25.7. The second-order valence-corrected chi connectivity index (χ2v) is 8.28. The summed E-state index contributed by atoms with van der Waals surface area (Å²) >= 11 is 3.46. The molecule has 3 unspecified atom stereocenters. The van der Waals surface area contributed by atoms with Crippen LogP contribution in [0.5, 0.6) is 11.5 Å². The van der Waals surface area contributed by atoms with Gasteiger partial charge in [0, 0.05) is 23.9 Å². The highest BCUT2D eigenvalue weighted by atomic mass is 79.9. The molecular weight excluding hydrogens is 462 g/mol. The van der Waals surface area contributed by atoms with Gasteiger partial charge in [0.25, 0.3) is 0 Å². The van der Waals surface area contributed by atoms with Crippen molar-refractivity contribution in [2.75, 3.05) is 14.2 Å². The number of halogens is 1. The van der Waals surface area contributed by atoms with E-state index in [4.69, 9.17) is 14.6 Å². The van der Waals surface area contributed by atoms with Crippen LogP contribution in [-0.4, -0.2) is 35.2 Å². The molecule has 5 rings (SSSR count). The summed E-state index contributed by atoms with van der Waals surface area (Å²) in [6.07, 6.45) is 3.19. The number of methoxy groups -OCH3 is 1. The zero-order valence-corrected chi connectivity index (χ0v) is 18.7. The Morgan fingerprint density at radius 1 is 1.10 bits per heavy atom. The molecule has 1 aliphatic carbocycles. The van der Waals surface area contributed by atoms with Crippen LogP contribution in [0.4, 0.5) is 0 Å². The van der Waals surface area contributed by atoms with E-state index < -0.39 is 11.2 Å². The third-order valence-corrected chi connectivity index (χ3v) is 6.55. The smallest absolute Gasteiger partial charge is 0.200 e. The lowest BCUT2D eigenvalue weighted by atomic mass is 9.71. The van der Waals surface area contributed by atoms with Gasteiger partial charge in [0.1, 0.15) is 11.5 Å².